The summed E-state index contributed by atoms with van der Waals surface area (Å²) in [6, 6.07) is 12.6. The third-order valence-corrected chi connectivity index (χ3v) is 6.10. The van der Waals surface area contributed by atoms with Crippen LogP contribution >= 0.6 is 11.3 Å². The minimum absolute atomic E-state index is 0.0210. The molecule has 0 aliphatic heterocycles. The van der Waals surface area contributed by atoms with E-state index in [9.17, 15) is 18.0 Å². The van der Waals surface area contributed by atoms with Gasteiger partial charge in [0.2, 0.25) is 0 Å². The second kappa shape index (κ2) is 8.35. The minimum atomic E-state index is -4.52. The van der Waals surface area contributed by atoms with Gasteiger partial charge in [0.15, 0.2) is 4.88 Å². The van der Waals surface area contributed by atoms with Crippen molar-refractivity contribution in [3.63, 3.8) is 0 Å². The normalized spacial score (nSPS) is 12.7. The first-order valence-corrected chi connectivity index (χ1v) is 10.5. The lowest BCUT2D eigenvalue weighted by molar-refractivity contribution is -0.139. The average Bonchev–Trinajstić information content (AvgIpc) is 3.36. The molecule has 0 N–H and O–H groups in total. The Bertz CT molecular complexity index is 1300. The maximum Gasteiger partial charge on any atom is 0.416 e. The average molecular weight is 458 g/mol. The number of methoxy groups -OCH3 is 1. The van der Waals surface area contributed by atoms with Crippen molar-refractivity contribution in [2.45, 2.75) is 19.2 Å². The largest absolute Gasteiger partial charge is 0.484 e. The first kappa shape index (κ1) is 21.9. The fraction of sp³-hybridized carbons (Fsp3) is 0.182. The summed E-state index contributed by atoms with van der Waals surface area (Å²) >= 11 is 1.12. The highest BCUT2D eigenvalue weighted by Gasteiger charge is 2.35. The lowest BCUT2D eigenvalue weighted by atomic mass is 9.96. The van der Waals surface area contributed by atoms with Crippen LogP contribution in [0.2, 0.25) is 0 Å². The zero-order valence-electron chi connectivity index (χ0n) is 17.4. The minimum Gasteiger partial charge on any atom is -0.484 e. The van der Waals surface area contributed by atoms with Gasteiger partial charge in [-0.15, -0.1) is 11.3 Å². The number of esters is 1. The highest BCUT2D eigenvalue weighted by atomic mass is 32.1. The van der Waals surface area contributed by atoms with Gasteiger partial charge < -0.3 is 9.47 Å². The van der Waals surface area contributed by atoms with Crippen molar-refractivity contribution in [3.05, 3.63) is 70.9 Å². The van der Waals surface area contributed by atoms with Gasteiger partial charge in [0.1, 0.15) is 31.0 Å². The number of hydrogen-bond donors (Lipinski definition) is 0. The number of nitrogens with zero attached hydrogens (tertiary/aromatic N) is 2. The Morgan fingerprint density at radius 2 is 1.94 bits per heavy atom. The Kier molecular flexibility index (Phi) is 5.72. The third kappa shape index (κ3) is 4.10. The summed E-state index contributed by atoms with van der Waals surface area (Å²) in [4.78, 5) is 16.9. The molecule has 2 aromatic heterocycles. The first-order valence-electron chi connectivity index (χ1n) is 9.68. The maximum absolute atomic E-state index is 13.4. The van der Waals surface area contributed by atoms with Crippen LogP contribution in [-0.2, 0) is 10.9 Å². The Hall–Kier alpha value is -3.27. The summed E-state index contributed by atoms with van der Waals surface area (Å²) in [7, 11) is 3.20. The molecule has 0 spiro atoms. The van der Waals surface area contributed by atoms with Crippen molar-refractivity contribution in [1.82, 2.24) is 9.55 Å². The lowest BCUT2D eigenvalue weighted by Gasteiger charge is -2.19. The molecule has 0 amide bonds. The first-order chi connectivity index (χ1) is 15.2. The zero-order valence-corrected chi connectivity index (χ0v) is 18.3. The van der Waals surface area contributed by atoms with Crippen molar-refractivity contribution in [2.24, 2.45) is 0 Å². The molecule has 1 atom stereocenters. The number of ether oxygens (including phenoxy) is 2. The van der Waals surface area contributed by atoms with E-state index in [1.807, 2.05) is 26.0 Å². The second-order valence-corrected chi connectivity index (χ2v) is 8.25. The van der Waals surface area contributed by atoms with E-state index in [0.29, 0.717) is 5.00 Å². The van der Waals surface area contributed by atoms with E-state index in [2.05, 4.69) is 4.98 Å². The fourth-order valence-electron chi connectivity index (χ4n) is 3.46. The summed E-state index contributed by atoms with van der Waals surface area (Å²) < 4.78 is 52.9. The van der Waals surface area contributed by atoms with Crippen molar-refractivity contribution >= 4 is 41.6 Å². The number of aromatic nitrogens is 2. The molecule has 0 fully saturated rings. The molecule has 4 aromatic rings. The molecule has 0 bridgehead atoms. The Morgan fingerprint density at radius 1 is 1.19 bits per heavy atom. The van der Waals surface area contributed by atoms with Crippen molar-refractivity contribution < 1.29 is 27.4 Å². The Morgan fingerprint density at radius 3 is 2.66 bits per heavy atom. The quantitative estimate of drug-likeness (QED) is 0.331. The van der Waals surface area contributed by atoms with Crippen molar-refractivity contribution in [2.75, 3.05) is 7.11 Å². The zero-order chi connectivity index (χ0) is 23.0. The molecule has 164 valence electrons. The van der Waals surface area contributed by atoms with E-state index >= 15 is 0 Å². The van der Waals surface area contributed by atoms with E-state index in [1.165, 1.54) is 32.2 Å². The SMILES string of the molecule is Bc1ccc2ncn(-c3cc(O[C@H](C)c4ccccc4C(F)(F)F)c(C(=O)OC)s3)c2c1. The van der Waals surface area contributed by atoms with Crippen LogP contribution in [-0.4, -0.2) is 30.5 Å². The lowest BCUT2D eigenvalue weighted by Crippen LogP contribution is -2.14. The van der Waals surface area contributed by atoms with Gasteiger partial charge in [-0.05, 0) is 25.1 Å². The summed E-state index contributed by atoms with van der Waals surface area (Å²) in [5, 5.41) is 0.629. The summed E-state index contributed by atoms with van der Waals surface area (Å²) in [5.41, 5.74) is 1.85. The summed E-state index contributed by atoms with van der Waals surface area (Å²) in [6.45, 7) is 1.51. The van der Waals surface area contributed by atoms with Gasteiger partial charge in [0, 0.05) is 11.6 Å². The number of carbonyl (C=O) groups excluding carboxylic acids is 1. The Labute approximate surface area is 186 Å². The molecule has 0 aliphatic rings. The van der Waals surface area contributed by atoms with Crippen LogP contribution in [0.5, 0.6) is 5.75 Å². The molecule has 0 saturated heterocycles. The van der Waals surface area contributed by atoms with E-state index < -0.39 is 23.8 Å². The van der Waals surface area contributed by atoms with Crippen LogP contribution < -0.4 is 10.2 Å². The van der Waals surface area contributed by atoms with E-state index in [1.54, 1.807) is 17.0 Å². The van der Waals surface area contributed by atoms with Crippen LogP contribution in [0.25, 0.3) is 16.0 Å². The van der Waals surface area contributed by atoms with E-state index in [0.717, 1.165) is 33.9 Å². The molecular weight excluding hydrogens is 440 g/mol. The maximum atomic E-state index is 13.4. The van der Waals surface area contributed by atoms with Crippen LogP contribution in [0.1, 0.15) is 33.8 Å². The molecule has 2 aromatic carbocycles. The van der Waals surface area contributed by atoms with Crippen LogP contribution in [0.4, 0.5) is 13.2 Å². The fourth-order valence-corrected chi connectivity index (χ4v) is 4.45. The molecule has 0 unspecified atom stereocenters. The second-order valence-electron chi connectivity index (χ2n) is 7.22. The number of fused-ring (bicyclic) bond motifs is 1. The number of thiophene rings is 1. The molecule has 4 rings (SSSR count). The van der Waals surface area contributed by atoms with E-state index in [-0.39, 0.29) is 16.2 Å². The number of alkyl halides is 3. The number of rotatable bonds is 5. The van der Waals surface area contributed by atoms with Crippen molar-refractivity contribution in [3.8, 4) is 10.8 Å². The van der Waals surface area contributed by atoms with E-state index in [4.69, 9.17) is 9.47 Å². The highest BCUT2D eigenvalue weighted by molar-refractivity contribution is 7.16. The Balaban J connectivity index is 1.76. The molecular formula is C22H18BF3N2O3S. The molecule has 10 heteroatoms. The molecule has 32 heavy (non-hydrogen) atoms. The number of hydrogen-bond acceptors (Lipinski definition) is 5. The molecule has 0 aliphatic carbocycles. The summed E-state index contributed by atoms with van der Waals surface area (Å²) in [5.74, 6) is -0.482. The van der Waals surface area contributed by atoms with Crippen LogP contribution in [0.15, 0.2) is 54.9 Å². The predicted octanol–water partition coefficient (Wildman–Crippen LogP) is 4.29. The smallest absolute Gasteiger partial charge is 0.416 e. The van der Waals surface area contributed by atoms with Gasteiger partial charge in [-0.25, -0.2) is 9.78 Å². The van der Waals surface area contributed by atoms with Crippen LogP contribution in [0.3, 0.4) is 0 Å². The summed E-state index contributed by atoms with van der Waals surface area (Å²) in [6.07, 6.45) is -3.85. The molecule has 2 heterocycles. The number of benzene rings is 2. The van der Waals surface area contributed by atoms with Gasteiger partial charge in [-0.2, -0.15) is 13.2 Å². The number of halogens is 3. The van der Waals surface area contributed by atoms with Crippen molar-refractivity contribution in [1.29, 1.82) is 0 Å². The molecule has 5 nitrogen and oxygen atoms in total. The van der Waals surface area contributed by atoms with Gasteiger partial charge >= 0.3 is 12.1 Å². The van der Waals surface area contributed by atoms with Gasteiger partial charge in [-0.3, -0.25) is 4.57 Å². The number of imidazole rings is 1. The van der Waals surface area contributed by atoms with Crippen LogP contribution in [0, 0.1) is 0 Å². The third-order valence-electron chi connectivity index (χ3n) is 5.00. The topological polar surface area (TPSA) is 53.4 Å². The highest BCUT2D eigenvalue weighted by Crippen LogP contribution is 2.39. The van der Waals surface area contributed by atoms with Gasteiger partial charge in [0.25, 0.3) is 0 Å². The predicted molar refractivity (Wildman–Crippen MR) is 119 cm³/mol. The monoisotopic (exact) mass is 458 g/mol. The standard InChI is InChI=1S/C22H18BF3N2O3S/c1-12(14-5-3-4-6-15(14)22(24,25)26)31-18-10-19(32-20(18)21(29)30-2)28-11-27-16-8-7-13(23)9-17(16)28/h3-12H,23H2,1-2H3/t12-/m1/s1. The number of carbonyl (C=O) groups is 1. The van der Waals surface area contributed by atoms with Gasteiger partial charge in [-0.1, -0.05) is 29.7 Å². The van der Waals surface area contributed by atoms with Gasteiger partial charge in [0.05, 0.1) is 23.7 Å². The molecule has 0 saturated carbocycles. The molecule has 0 radical (unpaired) electrons.